The summed E-state index contributed by atoms with van der Waals surface area (Å²) in [5, 5.41) is 4.05. The molecule has 1 aromatic heterocycles. The third-order valence-corrected chi connectivity index (χ3v) is 3.20. The first kappa shape index (κ1) is 13.5. The minimum atomic E-state index is -0.343. The zero-order valence-electron chi connectivity index (χ0n) is 10.9. The van der Waals surface area contributed by atoms with Gasteiger partial charge in [0.25, 0.3) is 5.89 Å². The minimum Gasteiger partial charge on any atom is -0.370 e. The molecular formula is C12H21N3O3. The fourth-order valence-electron chi connectivity index (χ4n) is 2.40. The number of rotatable bonds is 7. The lowest BCUT2D eigenvalue weighted by atomic mass is 10.0. The summed E-state index contributed by atoms with van der Waals surface area (Å²) in [5.74, 6) is 1.15. The van der Waals surface area contributed by atoms with Crippen molar-refractivity contribution >= 4 is 0 Å². The third-order valence-electron chi connectivity index (χ3n) is 3.20. The van der Waals surface area contributed by atoms with E-state index in [9.17, 15) is 0 Å². The molecule has 0 bridgehead atoms. The molecule has 102 valence electrons. The molecule has 2 N–H and O–H groups in total. The monoisotopic (exact) mass is 255 g/mol. The Balaban J connectivity index is 2.02. The van der Waals surface area contributed by atoms with E-state index in [1.54, 1.807) is 0 Å². The molecule has 2 rings (SSSR count). The van der Waals surface area contributed by atoms with Crippen LogP contribution in [0.15, 0.2) is 4.52 Å². The molecule has 1 aromatic rings. The second-order valence-corrected chi connectivity index (χ2v) is 4.49. The summed E-state index contributed by atoms with van der Waals surface area (Å²) >= 11 is 0. The molecule has 0 atom stereocenters. The van der Waals surface area contributed by atoms with E-state index in [1.807, 2.05) is 6.92 Å². The fourth-order valence-corrected chi connectivity index (χ4v) is 2.40. The standard InChI is InChI=1S/C12H21N3O3/c1-2-17-12(5-3-4-6-12)11-14-10(18-15-11)9-16-8-7-13/h2-9,13H2,1H3. The molecule has 0 spiro atoms. The molecule has 0 radical (unpaired) electrons. The second-order valence-electron chi connectivity index (χ2n) is 4.49. The highest BCUT2D eigenvalue weighted by Crippen LogP contribution is 2.40. The zero-order valence-corrected chi connectivity index (χ0v) is 10.9. The van der Waals surface area contributed by atoms with Gasteiger partial charge in [-0.1, -0.05) is 5.16 Å². The highest BCUT2D eigenvalue weighted by atomic mass is 16.5. The minimum absolute atomic E-state index is 0.312. The molecule has 1 fully saturated rings. The molecule has 18 heavy (non-hydrogen) atoms. The fraction of sp³-hybridized carbons (Fsp3) is 0.833. The second kappa shape index (κ2) is 6.26. The maximum atomic E-state index is 5.87. The summed E-state index contributed by atoms with van der Waals surface area (Å²) in [6, 6.07) is 0. The number of hydrogen-bond donors (Lipinski definition) is 1. The average Bonchev–Trinajstić information content (AvgIpc) is 2.99. The third kappa shape index (κ3) is 2.88. The molecule has 0 saturated heterocycles. The Hall–Kier alpha value is -0.980. The highest BCUT2D eigenvalue weighted by molar-refractivity contribution is 5.04. The molecule has 1 aliphatic carbocycles. The van der Waals surface area contributed by atoms with Gasteiger partial charge in [-0.25, -0.2) is 0 Å². The van der Waals surface area contributed by atoms with Gasteiger partial charge in [0.05, 0.1) is 6.61 Å². The molecule has 0 aromatic carbocycles. The summed E-state index contributed by atoms with van der Waals surface area (Å²) in [5.41, 5.74) is 5.00. The molecule has 0 amide bonds. The van der Waals surface area contributed by atoms with Crippen LogP contribution in [0.3, 0.4) is 0 Å². The molecule has 1 aliphatic rings. The first-order valence-electron chi connectivity index (χ1n) is 6.55. The number of hydrogen-bond acceptors (Lipinski definition) is 6. The van der Waals surface area contributed by atoms with Gasteiger partial charge in [-0.3, -0.25) is 0 Å². The Kier molecular flexibility index (Phi) is 4.68. The molecule has 6 nitrogen and oxygen atoms in total. The van der Waals surface area contributed by atoms with Gasteiger partial charge in [0, 0.05) is 13.2 Å². The van der Waals surface area contributed by atoms with Gasteiger partial charge in [0.15, 0.2) is 0 Å². The van der Waals surface area contributed by atoms with Gasteiger partial charge < -0.3 is 19.7 Å². The van der Waals surface area contributed by atoms with Crippen molar-refractivity contribution in [1.82, 2.24) is 10.1 Å². The molecule has 1 heterocycles. The van der Waals surface area contributed by atoms with E-state index >= 15 is 0 Å². The maximum absolute atomic E-state index is 5.87. The molecule has 6 heteroatoms. The SMILES string of the molecule is CCOC1(c2noc(COCCN)n2)CCCC1. The first-order chi connectivity index (χ1) is 8.80. The Morgan fingerprint density at radius 3 is 2.83 bits per heavy atom. The Morgan fingerprint density at radius 1 is 1.39 bits per heavy atom. The van der Waals surface area contributed by atoms with Crippen LogP contribution in [0, 0.1) is 0 Å². The summed E-state index contributed by atoms with van der Waals surface area (Å²) in [6.07, 6.45) is 4.22. The first-order valence-corrected chi connectivity index (χ1v) is 6.55. The van der Waals surface area contributed by atoms with Crippen molar-refractivity contribution in [3.63, 3.8) is 0 Å². The topological polar surface area (TPSA) is 83.4 Å². The predicted octanol–water partition coefficient (Wildman–Crippen LogP) is 1.35. The van der Waals surface area contributed by atoms with E-state index in [2.05, 4.69) is 10.1 Å². The number of aromatic nitrogens is 2. The van der Waals surface area contributed by atoms with Gasteiger partial charge in [-0.05, 0) is 32.6 Å². The lowest BCUT2D eigenvalue weighted by molar-refractivity contribution is -0.0469. The van der Waals surface area contributed by atoms with Crippen LogP contribution in [0.4, 0.5) is 0 Å². The highest BCUT2D eigenvalue weighted by Gasteiger charge is 2.40. The van der Waals surface area contributed by atoms with E-state index in [0.717, 1.165) is 25.7 Å². The molecular weight excluding hydrogens is 234 g/mol. The lowest BCUT2D eigenvalue weighted by Gasteiger charge is -2.24. The van der Waals surface area contributed by atoms with Crippen molar-refractivity contribution < 1.29 is 14.0 Å². The molecule has 0 aliphatic heterocycles. The van der Waals surface area contributed by atoms with Crippen molar-refractivity contribution in [1.29, 1.82) is 0 Å². The van der Waals surface area contributed by atoms with Gasteiger partial charge in [-0.15, -0.1) is 0 Å². The van der Waals surface area contributed by atoms with Crippen LogP contribution in [0.5, 0.6) is 0 Å². The maximum Gasteiger partial charge on any atom is 0.252 e. The van der Waals surface area contributed by atoms with Gasteiger partial charge in [-0.2, -0.15) is 4.98 Å². The smallest absolute Gasteiger partial charge is 0.252 e. The van der Waals surface area contributed by atoms with Crippen molar-refractivity contribution in [2.24, 2.45) is 5.73 Å². The van der Waals surface area contributed by atoms with Crippen LogP contribution in [0.25, 0.3) is 0 Å². The van der Waals surface area contributed by atoms with Crippen LogP contribution in [-0.4, -0.2) is 29.9 Å². The van der Waals surface area contributed by atoms with Crippen LogP contribution in [0.2, 0.25) is 0 Å². The average molecular weight is 255 g/mol. The van der Waals surface area contributed by atoms with Gasteiger partial charge in [0.1, 0.15) is 12.2 Å². The summed E-state index contributed by atoms with van der Waals surface area (Å²) in [4.78, 5) is 4.39. The number of nitrogens with zero attached hydrogens (tertiary/aromatic N) is 2. The van der Waals surface area contributed by atoms with Crippen molar-refractivity contribution in [3.8, 4) is 0 Å². The van der Waals surface area contributed by atoms with Crippen LogP contribution >= 0.6 is 0 Å². The molecule has 1 saturated carbocycles. The predicted molar refractivity (Wildman–Crippen MR) is 64.8 cm³/mol. The zero-order chi connectivity index (χ0) is 12.8. The van der Waals surface area contributed by atoms with Crippen molar-refractivity contribution in [3.05, 3.63) is 11.7 Å². The largest absolute Gasteiger partial charge is 0.370 e. The van der Waals surface area contributed by atoms with Gasteiger partial charge in [0.2, 0.25) is 5.82 Å². The number of ether oxygens (including phenoxy) is 2. The number of nitrogens with two attached hydrogens (primary N) is 1. The van der Waals surface area contributed by atoms with E-state index in [0.29, 0.717) is 38.1 Å². The van der Waals surface area contributed by atoms with E-state index < -0.39 is 0 Å². The summed E-state index contributed by atoms with van der Waals surface area (Å²) in [7, 11) is 0. The van der Waals surface area contributed by atoms with E-state index in [4.69, 9.17) is 19.7 Å². The Bertz CT molecular complexity index is 361. The van der Waals surface area contributed by atoms with Crippen LogP contribution in [0.1, 0.15) is 44.3 Å². The Labute approximate surface area is 107 Å². The van der Waals surface area contributed by atoms with Crippen LogP contribution < -0.4 is 5.73 Å². The molecule has 0 unspecified atom stereocenters. The Morgan fingerprint density at radius 2 is 2.17 bits per heavy atom. The normalized spacial score (nSPS) is 18.3. The summed E-state index contributed by atoms with van der Waals surface area (Å²) in [6.45, 7) is 3.95. The lowest BCUT2D eigenvalue weighted by Crippen LogP contribution is -2.27. The van der Waals surface area contributed by atoms with Gasteiger partial charge >= 0.3 is 0 Å². The van der Waals surface area contributed by atoms with Crippen molar-refractivity contribution in [2.75, 3.05) is 19.8 Å². The van der Waals surface area contributed by atoms with E-state index in [1.165, 1.54) is 0 Å². The quantitative estimate of drug-likeness (QED) is 0.740. The summed E-state index contributed by atoms with van der Waals surface area (Å²) < 4.78 is 16.3. The van der Waals surface area contributed by atoms with Crippen molar-refractivity contribution in [2.45, 2.75) is 44.8 Å². The van der Waals surface area contributed by atoms with E-state index in [-0.39, 0.29) is 5.60 Å². The van der Waals surface area contributed by atoms with Crippen LogP contribution in [-0.2, 0) is 21.7 Å².